The van der Waals surface area contributed by atoms with Gasteiger partial charge in [0.2, 0.25) is 5.91 Å². The van der Waals surface area contributed by atoms with Crippen molar-refractivity contribution in [2.45, 2.75) is 31.7 Å². The lowest BCUT2D eigenvalue weighted by Crippen LogP contribution is -2.37. The van der Waals surface area contributed by atoms with Gasteiger partial charge >= 0.3 is 0 Å². The molecule has 1 N–H and O–H groups in total. The summed E-state index contributed by atoms with van der Waals surface area (Å²) < 4.78 is 13.5. The van der Waals surface area contributed by atoms with Crippen LogP contribution in [0.4, 0.5) is 5.69 Å². The highest BCUT2D eigenvalue weighted by atomic mass is 32.2. The van der Waals surface area contributed by atoms with Crippen molar-refractivity contribution in [3.8, 4) is 11.5 Å². The Morgan fingerprint density at radius 3 is 2.66 bits per heavy atom. The van der Waals surface area contributed by atoms with Gasteiger partial charge in [-0.25, -0.2) is 4.98 Å². The zero-order valence-corrected chi connectivity index (χ0v) is 20.3. The van der Waals surface area contributed by atoms with Crippen molar-refractivity contribution in [2.75, 3.05) is 17.7 Å². The monoisotopic (exact) mass is 487 g/mol. The number of benzene rings is 3. The molecule has 0 spiro atoms. The fraction of sp³-hybridized carbons (Fsp3) is 0.222. The predicted molar refractivity (Wildman–Crippen MR) is 138 cm³/mol. The minimum atomic E-state index is -0.366. The van der Waals surface area contributed by atoms with Gasteiger partial charge in [-0.05, 0) is 61.4 Å². The molecule has 1 aliphatic rings. The van der Waals surface area contributed by atoms with Gasteiger partial charge in [-0.2, -0.15) is 0 Å². The van der Waals surface area contributed by atoms with Crippen LogP contribution in [0.15, 0.2) is 76.7 Å². The third kappa shape index (κ3) is 5.02. The van der Waals surface area contributed by atoms with Crippen LogP contribution in [0.5, 0.6) is 11.5 Å². The molecule has 2 heterocycles. The van der Waals surface area contributed by atoms with E-state index < -0.39 is 0 Å². The molecule has 35 heavy (non-hydrogen) atoms. The number of para-hydroxylation sites is 3. The van der Waals surface area contributed by atoms with Crippen LogP contribution < -0.4 is 20.3 Å². The van der Waals surface area contributed by atoms with Crippen LogP contribution in [0.2, 0.25) is 0 Å². The molecule has 8 heteroatoms. The molecular weight excluding hydrogens is 462 g/mol. The van der Waals surface area contributed by atoms with E-state index in [2.05, 4.69) is 5.32 Å². The molecule has 1 amide bonds. The van der Waals surface area contributed by atoms with Gasteiger partial charge in [-0.15, -0.1) is 0 Å². The molecule has 0 radical (unpaired) electrons. The maximum atomic E-state index is 13.4. The third-order valence-corrected chi connectivity index (χ3v) is 6.88. The first-order chi connectivity index (χ1) is 17.0. The number of amides is 1. The van der Waals surface area contributed by atoms with E-state index in [0.29, 0.717) is 34.2 Å². The van der Waals surface area contributed by atoms with Crippen LogP contribution in [-0.2, 0) is 11.3 Å². The number of aromatic nitrogens is 2. The first kappa shape index (κ1) is 23.0. The minimum Gasteiger partial charge on any atom is -0.486 e. The molecule has 1 aliphatic heterocycles. The number of thioether (sulfide) groups is 1. The number of nitrogens with one attached hydrogen (secondary N) is 1. The summed E-state index contributed by atoms with van der Waals surface area (Å²) in [4.78, 5) is 30.8. The summed E-state index contributed by atoms with van der Waals surface area (Å²) in [5.74, 6) is 1.28. The van der Waals surface area contributed by atoms with Gasteiger partial charge in [-0.1, -0.05) is 42.1 Å². The molecule has 0 saturated carbocycles. The van der Waals surface area contributed by atoms with E-state index in [4.69, 9.17) is 14.5 Å². The number of rotatable bonds is 6. The van der Waals surface area contributed by atoms with Crippen LogP contribution in [-0.4, -0.2) is 33.9 Å². The molecule has 0 aliphatic carbocycles. The Morgan fingerprint density at radius 1 is 1.06 bits per heavy atom. The molecule has 1 atom stereocenters. The zero-order valence-electron chi connectivity index (χ0n) is 19.5. The highest BCUT2D eigenvalue weighted by Gasteiger charge is 2.24. The van der Waals surface area contributed by atoms with Gasteiger partial charge in [0, 0.05) is 5.69 Å². The number of carbonyl (C=O) groups excluding carboxylic acids is 1. The quantitative estimate of drug-likeness (QED) is 0.317. The molecule has 5 rings (SSSR count). The summed E-state index contributed by atoms with van der Waals surface area (Å²) in [7, 11) is 0. The Kier molecular flexibility index (Phi) is 6.46. The zero-order chi connectivity index (χ0) is 24.4. The van der Waals surface area contributed by atoms with Gasteiger partial charge in [0.05, 0.1) is 23.2 Å². The van der Waals surface area contributed by atoms with E-state index in [0.717, 1.165) is 11.3 Å². The highest BCUT2D eigenvalue weighted by Crippen LogP contribution is 2.31. The number of nitrogens with zero attached hydrogens (tertiary/aromatic N) is 2. The van der Waals surface area contributed by atoms with Crippen molar-refractivity contribution in [2.24, 2.45) is 0 Å². The largest absolute Gasteiger partial charge is 0.486 e. The predicted octanol–water partition coefficient (Wildman–Crippen LogP) is 4.58. The van der Waals surface area contributed by atoms with Crippen molar-refractivity contribution >= 4 is 34.3 Å². The molecule has 1 aromatic heterocycles. The van der Waals surface area contributed by atoms with E-state index in [-0.39, 0.29) is 29.9 Å². The number of carbonyl (C=O) groups is 1. The van der Waals surface area contributed by atoms with Crippen LogP contribution in [0, 0.1) is 13.8 Å². The van der Waals surface area contributed by atoms with E-state index >= 15 is 0 Å². The van der Waals surface area contributed by atoms with Gasteiger partial charge in [0.15, 0.2) is 22.8 Å². The Hall–Kier alpha value is -3.78. The Morgan fingerprint density at radius 2 is 1.83 bits per heavy atom. The van der Waals surface area contributed by atoms with Crippen LogP contribution >= 0.6 is 11.8 Å². The first-order valence-corrected chi connectivity index (χ1v) is 12.3. The molecule has 178 valence electrons. The summed E-state index contributed by atoms with van der Waals surface area (Å²) in [6.07, 6.45) is -0.366. The minimum absolute atomic E-state index is 0.114. The second-order valence-electron chi connectivity index (χ2n) is 8.46. The molecule has 4 aromatic rings. The summed E-state index contributed by atoms with van der Waals surface area (Å²) >= 11 is 1.23. The number of hydrogen-bond donors (Lipinski definition) is 1. The lowest BCUT2D eigenvalue weighted by Gasteiger charge is -2.27. The molecule has 0 saturated heterocycles. The summed E-state index contributed by atoms with van der Waals surface area (Å²) in [6, 6.07) is 20.5. The van der Waals surface area contributed by atoms with E-state index in [1.165, 1.54) is 17.3 Å². The van der Waals surface area contributed by atoms with E-state index in [1.54, 1.807) is 16.7 Å². The second-order valence-corrected chi connectivity index (χ2v) is 9.40. The number of ether oxygens (including phenoxy) is 2. The molecule has 0 bridgehead atoms. The Balaban J connectivity index is 1.38. The van der Waals surface area contributed by atoms with E-state index in [9.17, 15) is 9.59 Å². The average Bonchev–Trinajstić information content (AvgIpc) is 2.87. The summed E-state index contributed by atoms with van der Waals surface area (Å²) in [6.45, 7) is 4.60. The van der Waals surface area contributed by atoms with Crippen molar-refractivity contribution in [1.29, 1.82) is 0 Å². The standard InChI is InChI=1S/C27H25N3O4S/c1-17-11-12-19(13-18(17)2)28-25(31)16-35-27-29-22-8-4-3-7-21(22)26(32)30(27)14-20-15-33-23-9-5-6-10-24(23)34-20/h3-13,20H,14-16H2,1-2H3,(H,28,31)/t20-/m0/s1. The molecule has 3 aromatic carbocycles. The van der Waals surface area contributed by atoms with Crippen LogP contribution in [0.1, 0.15) is 11.1 Å². The SMILES string of the molecule is Cc1ccc(NC(=O)CSc2nc3ccccc3c(=O)n2C[C@H]2COc3ccccc3O2)cc1C. The molecule has 0 unspecified atom stereocenters. The van der Waals surface area contributed by atoms with Gasteiger partial charge in [-0.3, -0.25) is 14.2 Å². The maximum Gasteiger partial charge on any atom is 0.262 e. The van der Waals surface area contributed by atoms with Crippen LogP contribution in [0.25, 0.3) is 10.9 Å². The topological polar surface area (TPSA) is 82.5 Å². The van der Waals surface area contributed by atoms with Crippen molar-refractivity contribution < 1.29 is 14.3 Å². The Labute approximate surface area is 207 Å². The number of hydrogen-bond acceptors (Lipinski definition) is 6. The number of fused-ring (bicyclic) bond motifs is 2. The summed E-state index contributed by atoms with van der Waals surface area (Å²) in [5, 5.41) is 3.91. The fourth-order valence-corrected chi connectivity index (χ4v) is 4.73. The average molecular weight is 488 g/mol. The fourth-order valence-electron chi connectivity index (χ4n) is 3.92. The molecular formula is C27H25N3O4S. The van der Waals surface area contributed by atoms with Crippen LogP contribution in [0.3, 0.4) is 0 Å². The summed E-state index contributed by atoms with van der Waals surface area (Å²) in [5.41, 5.74) is 3.44. The molecule has 7 nitrogen and oxygen atoms in total. The Bertz CT molecular complexity index is 1470. The van der Waals surface area contributed by atoms with Gasteiger partial charge in [0.25, 0.3) is 5.56 Å². The highest BCUT2D eigenvalue weighted by molar-refractivity contribution is 7.99. The van der Waals surface area contributed by atoms with Gasteiger partial charge < -0.3 is 14.8 Å². The van der Waals surface area contributed by atoms with Crippen molar-refractivity contribution in [1.82, 2.24) is 9.55 Å². The second kappa shape index (κ2) is 9.84. The lowest BCUT2D eigenvalue weighted by atomic mass is 10.1. The maximum absolute atomic E-state index is 13.4. The van der Waals surface area contributed by atoms with Crippen molar-refractivity contribution in [3.05, 3.63) is 88.2 Å². The molecule has 0 fully saturated rings. The van der Waals surface area contributed by atoms with Gasteiger partial charge in [0.1, 0.15) is 6.61 Å². The smallest absolute Gasteiger partial charge is 0.262 e. The lowest BCUT2D eigenvalue weighted by molar-refractivity contribution is -0.113. The normalized spacial score (nSPS) is 14.6. The number of aryl methyl sites for hydroxylation is 2. The number of anilines is 1. The third-order valence-electron chi connectivity index (χ3n) is 5.90. The first-order valence-electron chi connectivity index (χ1n) is 11.4. The van der Waals surface area contributed by atoms with E-state index in [1.807, 2.05) is 68.4 Å². The van der Waals surface area contributed by atoms with Crippen molar-refractivity contribution in [3.63, 3.8) is 0 Å².